The van der Waals surface area contributed by atoms with Crippen molar-refractivity contribution in [2.75, 3.05) is 0 Å². The summed E-state index contributed by atoms with van der Waals surface area (Å²) in [5, 5.41) is 0. The van der Waals surface area contributed by atoms with E-state index in [1.165, 1.54) is 104 Å². The van der Waals surface area contributed by atoms with Gasteiger partial charge in [-0.2, -0.15) is 0 Å². The van der Waals surface area contributed by atoms with Gasteiger partial charge in [0, 0.05) is 0 Å². The van der Waals surface area contributed by atoms with Crippen LogP contribution in [0.5, 0.6) is 0 Å². The predicted molar refractivity (Wildman–Crippen MR) is 257 cm³/mol. The summed E-state index contributed by atoms with van der Waals surface area (Å²) in [7, 11) is 0. The van der Waals surface area contributed by atoms with E-state index in [4.69, 9.17) is 0 Å². The second-order valence-electron chi connectivity index (χ2n) is 19.3. The zero-order valence-electron chi connectivity index (χ0n) is 38.2. The molecule has 3 heteroatoms. The van der Waals surface area contributed by atoms with Crippen molar-refractivity contribution >= 4 is 3.26 Å². The predicted octanol–water partition coefficient (Wildman–Crippen LogP) is 10.1. The van der Waals surface area contributed by atoms with Gasteiger partial charge in [0.2, 0.25) is 0 Å². The Morgan fingerprint density at radius 1 is 0.532 bits per heavy atom. The molecule has 0 amide bonds. The Morgan fingerprint density at radius 3 is 1.31 bits per heavy atom. The standard InChI is InChI=1S/C33H33.C21H26.C5H5.2ClH.Hf/c1-32(2,3)30-20-26-24(18-28(30)22-13-9-7-10-14-22)17-25-19-29(23-15-11-8-12-16-23)31(21-27(25)26)33(4,5)6;1-3-5-7-18-9-13-20(14-10-18)17-21-15-11-19(12-16-21)8-6-4-2;1-2-4-5-3-1;;;/h7-21H,1-6H3;9-16H,3-8H2,1-2H3;1-3H,4H2;2*1H;/q;;;;;+2/p-2. The summed E-state index contributed by atoms with van der Waals surface area (Å²) in [5.41, 5.74) is 19.9. The molecular weight excluding hydrogens is 958 g/mol. The second-order valence-corrected chi connectivity index (χ2v) is 28.5. The molecule has 2 aliphatic carbocycles. The molecule has 0 saturated heterocycles. The first-order valence-electron chi connectivity index (χ1n) is 22.7. The Bertz CT molecular complexity index is 2400. The molecule has 0 unspecified atom stereocenters. The topological polar surface area (TPSA) is 0 Å². The van der Waals surface area contributed by atoms with Crippen molar-refractivity contribution in [2.24, 2.45) is 0 Å². The third-order valence-corrected chi connectivity index (χ3v) is 25.0. The number of allylic oxidation sites excluding steroid dienone is 4. The minimum atomic E-state index is -3.26. The van der Waals surface area contributed by atoms with Gasteiger partial charge in [0.15, 0.2) is 0 Å². The summed E-state index contributed by atoms with van der Waals surface area (Å²) in [6.45, 7) is 19.0. The van der Waals surface area contributed by atoms with Crippen LogP contribution < -0.4 is 24.8 Å². The summed E-state index contributed by atoms with van der Waals surface area (Å²) in [6, 6.07) is 52.7. The number of halogens is 2. The Morgan fingerprint density at radius 2 is 0.952 bits per heavy atom. The van der Waals surface area contributed by atoms with E-state index >= 15 is 0 Å². The maximum atomic E-state index is 2.67. The van der Waals surface area contributed by atoms with Crippen LogP contribution in [0.3, 0.4) is 0 Å². The third-order valence-electron chi connectivity index (χ3n) is 12.9. The Balaban J connectivity index is 0.00000321. The molecule has 8 rings (SSSR count). The van der Waals surface area contributed by atoms with Crippen LogP contribution in [0.25, 0.3) is 33.4 Å². The average molecular weight is 1020 g/mol. The number of benzene rings is 6. The molecule has 6 aromatic rings. The van der Waals surface area contributed by atoms with Crippen molar-refractivity contribution < 1.29 is 45.8 Å². The summed E-state index contributed by atoms with van der Waals surface area (Å²) >= 11 is -3.26. The molecule has 62 heavy (non-hydrogen) atoms. The zero-order valence-corrected chi connectivity index (χ0v) is 43.3. The molecule has 0 aromatic heterocycles. The fraction of sp³-hybridized carbons (Fsp3) is 0.305. The largest absolute Gasteiger partial charge is 1.00 e. The van der Waals surface area contributed by atoms with Gasteiger partial charge in [-0.25, -0.2) is 0 Å². The minimum absolute atomic E-state index is 0. The van der Waals surface area contributed by atoms with Gasteiger partial charge in [0.05, 0.1) is 0 Å². The van der Waals surface area contributed by atoms with E-state index in [0.29, 0.717) is 3.67 Å². The maximum Gasteiger partial charge on any atom is -1.00 e. The van der Waals surface area contributed by atoms with Gasteiger partial charge >= 0.3 is 372 Å². The van der Waals surface area contributed by atoms with Gasteiger partial charge < -0.3 is 24.8 Å². The van der Waals surface area contributed by atoms with Crippen LogP contribution in [0.1, 0.15) is 136 Å². The number of hydrogen-bond acceptors (Lipinski definition) is 0. The second kappa shape index (κ2) is 20.3. The molecule has 0 bridgehead atoms. The van der Waals surface area contributed by atoms with Gasteiger partial charge in [-0.1, -0.05) is 0 Å². The third kappa shape index (κ3) is 9.92. The Labute approximate surface area is 393 Å². The first-order chi connectivity index (χ1) is 29.0. The summed E-state index contributed by atoms with van der Waals surface area (Å²) in [5.74, 6) is 0. The van der Waals surface area contributed by atoms with E-state index < -0.39 is 21.0 Å². The molecule has 0 N–H and O–H groups in total. The first-order valence-corrected chi connectivity index (χ1v) is 28.4. The number of aryl methyl sites for hydroxylation is 2. The Hall–Kier alpha value is -3.88. The fourth-order valence-electron chi connectivity index (χ4n) is 9.66. The number of rotatable bonds is 12. The van der Waals surface area contributed by atoms with Crippen molar-refractivity contribution in [2.45, 2.75) is 115 Å². The van der Waals surface area contributed by atoms with Gasteiger partial charge in [0.1, 0.15) is 0 Å². The fourth-order valence-corrected chi connectivity index (χ4v) is 22.8. The Kier molecular flexibility index (Phi) is 15.6. The molecule has 6 aromatic carbocycles. The normalized spacial score (nSPS) is 13.0. The maximum absolute atomic E-state index is 3.26. The number of unbranched alkanes of at least 4 members (excludes halogenated alkanes) is 2. The van der Waals surface area contributed by atoms with Gasteiger partial charge in [-0.05, 0) is 0 Å². The summed E-state index contributed by atoms with van der Waals surface area (Å²) in [6.07, 6.45) is 15.5. The number of hydrogen-bond donors (Lipinski definition) is 0. The van der Waals surface area contributed by atoms with Crippen molar-refractivity contribution in [3.63, 3.8) is 0 Å². The van der Waals surface area contributed by atoms with Crippen LogP contribution in [0, 0.1) is 0 Å². The molecule has 0 saturated carbocycles. The van der Waals surface area contributed by atoms with Crippen LogP contribution in [0.15, 0.2) is 155 Å². The number of fused-ring (bicyclic) bond motifs is 3. The van der Waals surface area contributed by atoms with E-state index in [1.807, 2.05) is 0 Å². The van der Waals surface area contributed by atoms with E-state index in [9.17, 15) is 0 Å². The average Bonchev–Trinajstić information content (AvgIpc) is 3.90. The molecular formula is C59H64Cl2Hf. The van der Waals surface area contributed by atoms with Crippen LogP contribution in [0.4, 0.5) is 0 Å². The molecule has 0 nitrogen and oxygen atoms in total. The quantitative estimate of drug-likeness (QED) is 0.107. The van der Waals surface area contributed by atoms with Crippen molar-refractivity contribution in [3.8, 4) is 33.4 Å². The van der Waals surface area contributed by atoms with Crippen LogP contribution in [-0.4, -0.2) is 3.26 Å². The minimum Gasteiger partial charge on any atom is -1.00 e. The van der Waals surface area contributed by atoms with Crippen molar-refractivity contribution in [1.29, 1.82) is 0 Å². The molecule has 0 fully saturated rings. The molecule has 0 spiro atoms. The SMILES string of the molecule is CCCCc1ccc([C](c2ccc(CCCC)cc2)=[Hf+2]([C]2=CC=CC2)[CH]2c3cc(-c4ccccc4)c(C(C)(C)C)cc3-c3cc(C(C)(C)C)c(-c4ccccc4)cc32)cc1.[Cl-].[Cl-]. The van der Waals surface area contributed by atoms with E-state index in [2.05, 4.69) is 207 Å². The smallest absolute Gasteiger partial charge is 1.00 e. The molecule has 0 aliphatic heterocycles. The van der Waals surface area contributed by atoms with Crippen molar-refractivity contribution in [1.82, 2.24) is 0 Å². The van der Waals surface area contributed by atoms with Crippen LogP contribution in [-0.2, 0) is 44.6 Å². The van der Waals surface area contributed by atoms with Crippen LogP contribution in [0.2, 0.25) is 0 Å². The summed E-state index contributed by atoms with van der Waals surface area (Å²) < 4.78 is 3.66. The van der Waals surface area contributed by atoms with Gasteiger partial charge in [0.25, 0.3) is 0 Å². The van der Waals surface area contributed by atoms with Gasteiger partial charge in [-0.3, -0.25) is 0 Å². The molecule has 318 valence electrons. The van der Waals surface area contributed by atoms with Gasteiger partial charge in [-0.15, -0.1) is 0 Å². The van der Waals surface area contributed by atoms with E-state index in [1.54, 1.807) is 6.58 Å². The first kappa shape index (κ1) is 47.6. The molecule has 2 aliphatic rings. The van der Waals surface area contributed by atoms with Crippen molar-refractivity contribution in [3.05, 3.63) is 200 Å². The van der Waals surface area contributed by atoms with E-state index in [-0.39, 0.29) is 35.6 Å². The molecule has 0 atom stereocenters. The molecule has 0 radical (unpaired) electrons. The summed E-state index contributed by atoms with van der Waals surface area (Å²) in [4.78, 5) is 0. The van der Waals surface area contributed by atoms with Crippen LogP contribution >= 0.6 is 0 Å². The zero-order chi connectivity index (χ0) is 42.0. The van der Waals surface area contributed by atoms with E-state index in [0.717, 1.165) is 19.3 Å². The molecule has 0 heterocycles. The monoisotopic (exact) mass is 1020 g/mol.